The lowest BCUT2D eigenvalue weighted by Crippen LogP contribution is -2.09. The van der Waals surface area contributed by atoms with Crippen LogP contribution in [0.3, 0.4) is 0 Å². The zero-order valence-electron chi connectivity index (χ0n) is 15.9. The fourth-order valence-corrected chi connectivity index (χ4v) is 3.20. The molecule has 0 aliphatic heterocycles. The van der Waals surface area contributed by atoms with Crippen LogP contribution >= 0.6 is 0 Å². The number of hydrogen-bond donors (Lipinski definition) is 1. The molecular formula is C23H24N2O3. The highest BCUT2D eigenvalue weighted by molar-refractivity contribution is 5.35. The van der Waals surface area contributed by atoms with Crippen LogP contribution in [0.15, 0.2) is 66.7 Å². The molecule has 1 aliphatic carbocycles. The largest absolute Gasteiger partial charge is 0.483 e. The second kappa shape index (κ2) is 8.40. The summed E-state index contributed by atoms with van der Waals surface area (Å²) >= 11 is 0. The molecule has 144 valence electrons. The summed E-state index contributed by atoms with van der Waals surface area (Å²) in [6, 6.07) is 21.5. The summed E-state index contributed by atoms with van der Waals surface area (Å²) in [7, 11) is 0. The van der Waals surface area contributed by atoms with Crippen molar-refractivity contribution in [1.29, 1.82) is 0 Å². The van der Waals surface area contributed by atoms with Crippen LogP contribution in [0.1, 0.15) is 36.3 Å². The van der Waals surface area contributed by atoms with Crippen molar-refractivity contribution in [3.8, 4) is 11.6 Å². The quantitative estimate of drug-likeness (QED) is 0.634. The average Bonchev–Trinajstić information content (AvgIpc) is 3.48. The van der Waals surface area contributed by atoms with E-state index in [0.29, 0.717) is 36.5 Å². The molecule has 3 atom stereocenters. The molecule has 5 heteroatoms. The van der Waals surface area contributed by atoms with Crippen molar-refractivity contribution in [2.75, 3.05) is 0 Å². The van der Waals surface area contributed by atoms with Crippen LogP contribution in [0, 0.1) is 11.8 Å². The molecule has 1 aromatic heterocycles. The van der Waals surface area contributed by atoms with E-state index >= 15 is 0 Å². The smallest absolute Gasteiger partial charge is 0.276 e. The molecule has 0 saturated heterocycles. The first kappa shape index (κ1) is 18.4. The van der Waals surface area contributed by atoms with Gasteiger partial charge in [0.25, 0.3) is 5.88 Å². The van der Waals surface area contributed by atoms with Crippen molar-refractivity contribution < 1.29 is 14.6 Å². The number of aromatic nitrogens is 2. The van der Waals surface area contributed by atoms with Crippen LogP contribution in [-0.2, 0) is 13.2 Å². The third kappa shape index (κ3) is 4.49. The summed E-state index contributed by atoms with van der Waals surface area (Å²) in [6.07, 6.45) is 0.389. The highest BCUT2D eigenvalue weighted by Gasteiger charge is 2.40. The van der Waals surface area contributed by atoms with Crippen molar-refractivity contribution in [2.45, 2.75) is 32.7 Å². The minimum absolute atomic E-state index is 0.243. The average molecular weight is 376 g/mol. The van der Waals surface area contributed by atoms with Gasteiger partial charge in [0.1, 0.15) is 19.3 Å². The normalized spacial score (nSPS) is 19.1. The molecule has 1 heterocycles. The first-order valence-electron chi connectivity index (χ1n) is 9.60. The Bertz CT molecular complexity index is 902. The van der Waals surface area contributed by atoms with E-state index < -0.39 is 6.10 Å². The van der Waals surface area contributed by atoms with Crippen LogP contribution in [0.5, 0.6) is 11.6 Å². The Hall–Kier alpha value is -2.92. The molecule has 1 aliphatic rings. The monoisotopic (exact) mass is 376 g/mol. The maximum atomic E-state index is 10.5. The molecule has 0 bridgehead atoms. The van der Waals surface area contributed by atoms with Crippen LogP contribution in [0.25, 0.3) is 0 Å². The van der Waals surface area contributed by atoms with Gasteiger partial charge < -0.3 is 14.6 Å². The summed E-state index contributed by atoms with van der Waals surface area (Å²) < 4.78 is 11.9. The van der Waals surface area contributed by atoms with E-state index in [2.05, 4.69) is 17.1 Å². The SMILES string of the molecule is C[C@H]1CC1C(O)c1cc(OCc2ccccc2)c(OCc2ccccc2)nn1. The molecule has 1 fully saturated rings. The number of aliphatic hydroxyl groups is 1. The maximum Gasteiger partial charge on any atom is 0.276 e. The van der Waals surface area contributed by atoms with Gasteiger partial charge in [-0.2, -0.15) is 0 Å². The van der Waals surface area contributed by atoms with Gasteiger partial charge in [-0.3, -0.25) is 0 Å². The summed E-state index contributed by atoms with van der Waals surface area (Å²) in [5.74, 6) is 1.59. The Labute approximate surface area is 165 Å². The van der Waals surface area contributed by atoms with Crippen molar-refractivity contribution >= 4 is 0 Å². The van der Waals surface area contributed by atoms with E-state index in [-0.39, 0.29) is 5.92 Å². The molecule has 0 amide bonds. The van der Waals surface area contributed by atoms with Gasteiger partial charge in [0.15, 0.2) is 5.75 Å². The van der Waals surface area contributed by atoms with Crippen molar-refractivity contribution in [3.63, 3.8) is 0 Å². The third-order valence-electron chi connectivity index (χ3n) is 5.08. The van der Waals surface area contributed by atoms with Gasteiger partial charge in [0.2, 0.25) is 0 Å². The minimum atomic E-state index is -0.621. The summed E-state index contributed by atoms with van der Waals surface area (Å²) in [6.45, 7) is 2.90. The first-order chi connectivity index (χ1) is 13.7. The molecule has 2 unspecified atom stereocenters. The van der Waals surface area contributed by atoms with Crippen LogP contribution in [0.2, 0.25) is 0 Å². The predicted molar refractivity (Wildman–Crippen MR) is 106 cm³/mol. The fraction of sp³-hybridized carbons (Fsp3) is 0.304. The van der Waals surface area contributed by atoms with Gasteiger partial charge in [-0.25, -0.2) is 0 Å². The number of hydrogen-bond acceptors (Lipinski definition) is 5. The zero-order valence-corrected chi connectivity index (χ0v) is 15.9. The maximum absolute atomic E-state index is 10.5. The minimum Gasteiger partial charge on any atom is -0.483 e. The molecule has 4 rings (SSSR count). The van der Waals surface area contributed by atoms with Crippen LogP contribution < -0.4 is 9.47 Å². The van der Waals surface area contributed by atoms with Gasteiger partial charge in [0.05, 0.1) is 5.69 Å². The lowest BCUT2D eigenvalue weighted by Gasteiger charge is -2.15. The van der Waals surface area contributed by atoms with Crippen LogP contribution in [0.4, 0.5) is 0 Å². The Morgan fingerprint density at radius 1 is 0.929 bits per heavy atom. The molecular weight excluding hydrogens is 352 g/mol. The molecule has 5 nitrogen and oxygen atoms in total. The van der Waals surface area contributed by atoms with E-state index in [1.807, 2.05) is 60.7 Å². The molecule has 28 heavy (non-hydrogen) atoms. The van der Waals surface area contributed by atoms with E-state index in [9.17, 15) is 5.11 Å². The molecule has 1 N–H and O–H groups in total. The van der Waals surface area contributed by atoms with E-state index in [4.69, 9.17) is 9.47 Å². The highest BCUT2D eigenvalue weighted by Crippen LogP contribution is 2.47. The molecule has 3 aromatic rings. The highest BCUT2D eigenvalue weighted by atomic mass is 16.5. The summed E-state index contributed by atoms with van der Waals surface area (Å²) in [5, 5.41) is 18.9. The fourth-order valence-electron chi connectivity index (χ4n) is 3.20. The van der Waals surface area contributed by atoms with Gasteiger partial charge in [-0.1, -0.05) is 67.6 Å². The van der Waals surface area contributed by atoms with Crippen molar-refractivity contribution in [3.05, 3.63) is 83.6 Å². The van der Waals surface area contributed by atoms with Gasteiger partial charge in [-0.05, 0) is 29.4 Å². The number of aliphatic hydroxyl groups excluding tert-OH is 1. The first-order valence-corrected chi connectivity index (χ1v) is 9.60. The Balaban J connectivity index is 1.52. The van der Waals surface area contributed by atoms with Gasteiger partial charge >= 0.3 is 0 Å². The van der Waals surface area contributed by atoms with E-state index in [1.165, 1.54) is 0 Å². The standard InChI is InChI=1S/C23H24N2O3/c1-16-12-19(16)22(26)20-13-21(27-14-17-8-4-2-5-9-17)23(25-24-20)28-15-18-10-6-3-7-11-18/h2-11,13,16,19,22,26H,12,14-15H2,1H3/t16-,19?,22?/m0/s1. The lowest BCUT2D eigenvalue weighted by molar-refractivity contribution is 0.140. The summed E-state index contributed by atoms with van der Waals surface area (Å²) in [5.41, 5.74) is 2.62. The summed E-state index contributed by atoms with van der Waals surface area (Å²) in [4.78, 5) is 0. The molecule has 1 saturated carbocycles. The van der Waals surface area contributed by atoms with Crippen molar-refractivity contribution in [2.24, 2.45) is 11.8 Å². The van der Waals surface area contributed by atoms with E-state index in [0.717, 1.165) is 17.5 Å². The zero-order chi connectivity index (χ0) is 19.3. The predicted octanol–water partition coefficient (Wildman–Crippen LogP) is 4.32. The topological polar surface area (TPSA) is 64.5 Å². The van der Waals surface area contributed by atoms with Crippen LogP contribution in [-0.4, -0.2) is 15.3 Å². The molecule has 2 aromatic carbocycles. The number of benzene rings is 2. The van der Waals surface area contributed by atoms with E-state index in [1.54, 1.807) is 6.07 Å². The molecule has 0 radical (unpaired) electrons. The number of nitrogens with zero attached hydrogens (tertiary/aromatic N) is 2. The number of ether oxygens (including phenoxy) is 2. The third-order valence-corrected chi connectivity index (χ3v) is 5.08. The number of rotatable bonds is 8. The molecule has 0 spiro atoms. The Kier molecular flexibility index (Phi) is 5.53. The second-order valence-corrected chi connectivity index (χ2v) is 7.31. The van der Waals surface area contributed by atoms with Gasteiger partial charge in [0, 0.05) is 6.07 Å². The second-order valence-electron chi connectivity index (χ2n) is 7.31. The Morgan fingerprint density at radius 3 is 2.07 bits per heavy atom. The lowest BCUT2D eigenvalue weighted by atomic mass is 10.1. The Morgan fingerprint density at radius 2 is 1.50 bits per heavy atom. The van der Waals surface area contributed by atoms with Crippen molar-refractivity contribution in [1.82, 2.24) is 10.2 Å². The van der Waals surface area contributed by atoms with Gasteiger partial charge in [-0.15, -0.1) is 10.2 Å².